The van der Waals surface area contributed by atoms with E-state index in [1.807, 2.05) is 44.2 Å². The van der Waals surface area contributed by atoms with Crippen LogP contribution < -0.4 is 15.7 Å². The second-order valence-electron chi connectivity index (χ2n) is 10.3. The first kappa shape index (κ1) is 27.9. The molecule has 4 aromatic rings. The molecule has 1 aromatic heterocycles. The van der Waals surface area contributed by atoms with Gasteiger partial charge in [0.2, 0.25) is 6.29 Å². The standard InChI is InChI=1S/C31H30BrNO7/c1-17-23(38-25-15-14-24(37-4)31(2,3)40-25)13-12-21-27(34)26(30(36)39-28(17)21)33-29(35)19-9-7-8-18(16-19)20-10-5-6-11-22(20)32/h5-13,16,24-25,34H,14-15H2,1-4H3,(H,33,35)/t24-,25-/m1/s1. The topological polar surface area (TPSA) is 107 Å². The summed E-state index contributed by atoms with van der Waals surface area (Å²) in [6.45, 7) is 5.64. The number of carbonyl (C=O) groups is 1. The Morgan fingerprint density at radius 3 is 2.60 bits per heavy atom. The maximum absolute atomic E-state index is 13.1. The average Bonchev–Trinajstić information content (AvgIpc) is 2.92. The molecule has 0 bridgehead atoms. The minimum Gasteiger partial charge on any atom is -0.505 e. The first-order valence-corrected chi connectivity index (χ1v) is 13.7. The lowest BCUT2D eigenvalue weighted by molar-refractivity contribution is -0.233. The van der Waals surface area contributed by atoms with Crippen molar-refractivity contribution in [3.63, 3.8) is 0 Å². The molecule has 1 amide bonds. The number of ether oxygens (including phenoxy) is 3. The number of carbonyl (C=O) groups excluding carboxylic acids is 1. The van der Waals surface area contributed by atoms with Crippen LogP contribution in [0.15, 0.2) is 74.3 Å². The van der Waals surface area contributed by atoms with Gasteiger partial charge in [-0.1, -0.05) is 46.3 Å². The summed E-state index contributed by atoms with van der Waals surface area (Å²) >= 11 is 3.53. The van der Waals surface area contributed by atoms with E-state index in [4.69, 9.17) is 18.6 Å². The molecular weight excluding hydrogens is 578 g/mol. The molecule has 208 valence electrons. The van der Waals surface area contributed by atoms with Gasteiger partial charge in [0.15, 0.2) is 11.4 Å². The fraction of sp³-hybridized carbons (Fsp3) is 0.290. The summed E-state index contributed by atoms with van der Waals surface area (Å²) in [5.74, 6) is -0.472. The van der Waals surface area contributed by atoms with E-state index in [9.17, 15) is 14.7 Å². The number of hydrogen-bond acceptors (Lipinski definition) is 7. The molecule has 0 saturated carbocycles. The highest BCUT2D eigenvalue weighted by molar-refractivity contribution is 9.10. The zero-order valence-electron chi connectivity index (χ0n) is 22.6. The third-order valence-corrected chi connectivity index (χ3v) is 7.90. The molecule has 2 N–H and O–H groups in total. The van der Waals surface area contributed by atoms with Gasteiger partial charge in [0.1, 0.15) is 11.3 Å². The van der Waals surface area contributed by atoms with Crippen molar-refractivity contribution in [1.29, 1.82) is 0 Å². The highest BCUT2D eigenvalue weighted by Crippen LogP contribution is 2.38. The molecule has 8 nitrogen and oxygen atoms in total. The number of fused-ring (bicyclic) bond motifs is 1. The summed E-state index contributed by atoms with van der Waals surface area (Å²) in [6.07, 6.45) is 0.841. The van der Waals surface area contributed by atoms with E-state index in [0.717, 1.165) is 22.0 Å². The third-order valence-electron chi connectivity index (χ3n) is 7.21. The van der Waals surface area contributed by atoms with Gasteiger partial charge in [0.05, 0.1) is 17.1 Å². The summed E-state index contributed by atoms with van der Waals surface area (Å²) in [6, 6.07) is 17.9. The predicted octanol–water partition coefficient (Wildman–Crippen LogP) is 6.80. The van der Waals surface area contributed by atoms with E-state index < -0.39 is 23.4 Å². The third kappa shape index (κ3) is 5.37. The van der Waals surface area contributed by atoms with Gasteiger partial charge >= 0.3 is 5.63 Å². The van der Waals surface area contributed by atoms with Crippen LogP contribution in [0.4, 0.5) is 5.69 Å². The molecule has 0 radical (unpaired) electrons. The molecule has 1 aliphatic rings. The van der Waals surface area contributed by atoms with Crippen molar-refractivity contribution in [3.8, 4) is 22.6 Å². The Morgan fingerprint density at radius 2 is 1.88 bits per heavy atom. The lowest BCUT2D eigenvalue weighted by Crippen LogP contribution is -2.49. The molecule has 1 saturated heterocycles. The molecule has 0 unspecified atom stereocenters. The van der Waals surface area contributed by atoms with Crippen LogP contribution in [0.1, 0.15) is 42.6 Å². The van der Waals surface area contributed by atoms with Crippen LogP contribution >= 0.6 is 15.9 Å². The van der Waals surface area contributed by atoms with Crippen LogP contribution in [0, 0.1) is 6.92 Å². The molecule has 1 fully saturated rings. The number of benzene rings is 3. The van der Waals surface area contributed by atoms with Crippen molar-refractivity contribution >= 4 is 38.5 Å². The SMILES string of the molecule is CO[C@@H]1CC[C@H](Oc2ccc3c(O)c(NC(=O)c4cccc(-c5ccccc5Br)c4)c(=O)oc3c2C)OC1(C)C. The van der Waals surface area contributed by atoms with Crippen LogP contribution in [-0.4, -0.2) is 36.1 Å². The quantitative estimate of drug-likeness (QED) is 0.232. The van der Waals surface area contributed by atoms with Crippen LogP contribution in [-0.2, 0) is 9.47 Å². The molecule has 5 rings (SSSR count). The molecule has 2 heterocycles. The normalized spacial score (nSPS) is 18.4. The Bertz CT molecular complexity index is 1650. The largest absolute Gasteiger partial charge is 0.505 e. The Hall–Kier alpha value is -3.66. The summed E-state index contributed by atoms with van der Waals surface area (Å²) in [5.41, 5.74) is 1.01. The maximum atomic E-state index is 13.1. The number of methoxy groups -OCH3 is 1. The number of amides is 1. The molecule has 1 aliphatic heterocycles. The van der Waals surface area contributed by atoms with Crippen molar-refractivity contribution in [2.45, 2.75) is 51.6 Å². The first-order valence-electron chi connectivity index (χ1n) is 12.9. The molecule has 0 spiro atoms. The minimum atomic E-state index is -0.876. The summed E-state index contributed by atoms with van der Waals surface area (Å²) in [5, 5.41) is 13.8. The van der Waals surface area contributed by atoms with Crippen LogP contribution in [0.2, 0.25) is 0 Å². The van der Waals surface area contributed by atoms with Gasteiger partial charge in [0.25, 0.3) is 5.91 Å². The number of aromatic hydroxyl groups is 1. The second-order valence-corrected chi connectivity index (χ2v) is 11.1. The number of hydrogen-bond donors (Lipinski definition) is 2. The van der Waals surface area contributed by atoms with E-state index in [2.05, 4.69) is 21.2 Å². The van der Waals surface area contributed by atoms with Crippen molar-refractivity contribution in [1.82, 2.24) is 0 Å². The van der Waals surface area contributed by atoms with Crippen molar-refractivity contribution in [2.24, 2.45) is 0 Å². The lowest BCUT2D eigenvalue weighted by atomic mass is 9.94. The Morgan fingerprint density at radius 1 is 1.10 bits per heavy atom. The Kier molecular flexibility index (Phi) is 7.72. The lowest BCUT2D eigenvalue weighted by Gasteiger charge is -2.41. The molecule has 2 atom stereocenters. The van der Waals surface area contributed by atoms with Gasteiger partial charge in [-0.05, 0) is 68.7 Å². The second kappa shape index (κ2) is 11.1. The predicted molar refractivity (Wildman–Crippen MR) is 156 cm³/mol. The van der Waals surface area contributed by atoms with Crippen molar-refractivity contribution in [2.75, 3.05) is 12.4 Å². The minimum absolute atomic E-state index is 0.0451. The zero-order valence-corrected chi connectivity index (χ0v) is 24.2. The van der Waals surface area contributed by atoms with Gasteiger partial charge in [-0.2, -0.15) is 0 Å². The number of rotatable bonds is 6. The number of halogens is 1. The fourth-order valence-electron chi connectivity index (χ4n) is 5.05. The molecule has 3 aromatic carbocycles. The number of anilines is 1. The average molecular weight is 608 g/mol. The van der Waals surface area contributed by atoms with Crippen LogP contribution in [0.3, 0.4) is 0 Å². The highest BCUT2D eigenvalue weighted by atomic mass is 79.9. The van der Waals surface area contributed by atoms with Crippen molar-refractivity contribution in [3.05, 3.63) is 86.7 Å². The molecular formula is C31H30BrNO7. The Labute approximate surface area is 240 Å². The van der Waals surface area contributed by atoms with E-state index in [-0.39, 0.29) is 28.5 Å². The van der Waals surface area contributed by atoms with E-state index in [0.29, 0.717) is 23.3 Å². The highest BCUT2D eigenvalue weighted by Gasteiger charge is 2.39. The van der Waals surface area contributed by atoms with Gasteiger partial charge < -0.3 is 29.1 Å². The van der Waals surface area contributed by atoms with Gasteiger partial charge in [-0.15, -0.1) is 0 Å². The van der Waals surface area contributed by atoms with Gasteiger partial charge in [-0.3, -0.25) is 4.79 Å². The van der Waals surface area contributed by atoms with Gasteiger partial charge in [0, 0.05) is 29.1 Å². The van der Waals surface area contributed by atoms with Crippen molar-refractivity contribution < 1.29 is 28.5 Å². The van der Waals surface area contributed by atoms with E-state index in [1.54, 1.807) is 44.4 Å². The molecule has 0 aliphatic carbocycles. The first-order chi connectivity index (χ1) is 19.1. The summed E-state index contributed by atoms with van der Waals surface area (Å²) < 4.78 is 24.2. The zero-order chi connectivity index (χ0) is 28.6. The number of aryl methyl sites for hydroxylation is 1. The van der Waals surface area contributed by atoms with E-state index >= 15 is 0 Å². The van der Waals surface area contributed by atoms with Crippen LogP contribution in [0.5, 0.6) is 11.5 Å². The van der Waals surface area contributed by atoms with Crippen LogP contribution in [0.25, 0.3) is 22.1 Å². The Balaban J connectivity index is 1.40. The summed E-state index contributed by atoms with van der Waals surface area (Å²) in [7, 11) is 1.66. The fourth-order valence-corrected chi connectivity index (χ4v) is 5.56. The molecule has 40 heavy (non-hydrogen) atoms. The number of nitrogens with one attached hydrogen (secondary N) is 1. The molecule has 9 heteroatoms. The maximum Gasteiger partial charge on any atom is 0.364 e. The monoisotopic (exact) mass is 607 g/mol. The summed E-state index contributed by atoms with van der Waals surface area (Å²) in [4.78, 5) is 26.0. The van der Waals surface area contributed by atoms with E-state index in [1.165, 1.54) is 0 Å². The van der Waals surface area contributed by atoms with Gasteiger partial charge in [-0.25, -0.2) is 4.79 Å². The smallest absolute Gasteiger partial charge is 0.364 e.